The highest BCUT2D eigenvalue weighted by Crippen LogP contribution is 2.22. The highest BCUT2D eigenvalue weighted by molar-refractivity contribution is 5.85. The molecule has 2 aromatic rings. The molecule has 0 saturated carbocycles. The first-order valence-electron chi connectivity index (χ1n) is 7.31. The van der Waals surface area contributed by atoms with Crippen LogP contribution in [0.15, 0.2) is 30.6 Å². The molecule has 1 fully saturated rings. The van der Waals surface area contributed by atoms with Crippen molar-refractivity contribution in [3.8, 4) is 0 Å². The van der Waals surface area contributed by atoms with Crippen LogP contribution in [0.4, 0.5) is 5.82 Å². The maximum absolute atomic E-state index is 10.9. The van der Waals surface area contributed by atoms with Crippen molar-refractivity contribution in [3.05, 3.63) is 41.9 Å². The average Bonchev–Trinajstić information content (AvgIpc) is 3.03. The van der Waals surface area contributed by atoms with Crippen LogP contribution in [0.2, 0.25) is 0 Å². The van der Waals surface area contributed by atoms with E-state index in [9.17, 15) is 4.79 Å². The highest BCUT2D eigenvalue weighted by atomic mass is 16.5. The predicted molar refractivity (Wildman–Crippen MR) is 79.6 cm³/mol. The van der Waals surface area contributed by atoms with Gasteiger partial charge in [0.2, 0.25) is 0 Å². The molecular weight excluding hydrogens is 284 g/mol. The number of pyridine rings is 1. The summed E-state index contributed by atoms with van der Waals surface area (Å²) in [4.78, 5) is 14.9. The number of carboxylic acid groups (broad SMARTS) is 1. The van der Waals surface area contributed by atoms with E-state index >= 15 is 0 Å². The number of anilines is 1. The minimum Gasteiger partial charge on any atom is -0.477 e. The molecule has 1 saturated heterocycles. The molecule has 0 aliphatic carbocycles. The number of carbonyl (C=O) groups is 1. The summed E-state index contributed by atoms with van der Waals surface area (Å²) in [6.07, 6.45) is 7.00. The third-order valence-corrected chi connectivity index (χ3v) is 3.55. The van der Waals surface area contributed by atoms with E-state index in [1.165, 1.54) is 6.07 Å². The van der Waals surface area contributed by atoms with E-state index in [0.29, 0.717) is 12.4 Å². The fourth-order valence-corrected chi connectivity index (χ4v) is 2.40. The summed E-state index contributed by atoms with van der Waals surface area (Å²) in [5, 5.41) is 16.4. The molecule has 7 nitrogen and oxygen atoms in total. The van der Waals surface area contributed by atoms with Crippen LogP contribution in [0.1, 0.15) is 41.5 Å². The van der Waals surface area contributed by atoms with E-state index < -0.39 is 5.97 Å². The van der Waals surface area contributed by atoms with Gasteiger partial charge in [0.05, 0.1) is 6.20 Å². The number of nitrogens with zero attached hydrogens (tertiary/aromatic N) is 3. The van der Waals surface area contributed by atoms with Crippen LogP contribution in [0.25, 0.3) is 0 Å². The lowest BCUT2D eigenvalue weighted by molar-refractivity contribution is -0.0395. The number of aromatic nitrogens is 3. The summed E-state index contributed by atoms with van der Waals surface area (Å²) < 4.78 is 7.53. The molecule has 3 rings (SSSR count). The molecule has 0 spiro atoms. The van der Waals surface area contributed by atoms with Crippen molar-refractivity contribution < 1.29 is 14.6 Å². The lowest BCUT2D eigenvalue weighted by Crippen LogP contribution is -2.18. The van der Waals surface area contributed by atoms with Gasteiger partial charge >= 0.3 is 5.97 Å². The lowest BCUT2D eigenvalue weighted by Gasteiger charge is -2.22. The number of hydrogen-bond donors (Lipinski definition) is 2. The van der Waals surface area contributed by atoms with Crippen LogP contribution in [0, 0.1) is 0 Å². The Bertz CT molecular complexity index is 650. The summed E-state index contributed by atoms with van der Waals surface area (Å²) in [6.45, 7) is 1.31. The first kappa shape index (κ1) is 14.5. The zero-order chi connectivity index (χ0) is 15.4. The Kier molecular flexibility index (Phi) is 4.34. The topological polar surface area (TPSA) is 89.3 Å². The molecule has 0 bridgehead atoms. The number of carboxylic acids is 1. The quantitative estimate of drug-likeness (QED) is 0.881. The van der Waals surface area contributed by atoms with Crippen LogP contribution in [-0.4, -0.2) is 32.4 Å². The Morgan fingerprint density at radius 1 is 1.45 bits per heavy atom. The summed E-state index contributed by atoms with van der Waals surface area (Å²) in [6, 6.07) is 4.87. The van der Waals surface area contributed by atoms with Crippen LogP contribution in [0.3, 0.4) is 0 Å². The maximum atomic E-state index is 10.9. The second kappa shape index (κ2) is 6.57. The fourth-order valence-electron chi connectivity index (χ4n) is 2.40. The van der Waals surface area contributed by atoms with Crippen molar-refractivity contribution in [3.63, 3.8) is 0 Å². The number of nitrogens with one attached hydrogen (secondary N) is 1. The number of hydrogen-bond acceptors (Lipinski definition) is 5. The molecule has 1 aliphatic rings. The smallest absolute Gasteiger partial charge is 0.354 e. The molecule has 0 amide bonds. The molecule has 2 aromatic heterocycles. The monoisotopic (exact) mass is 302 g/mol. The SMILES string of the molecule is O=C(O)c1cccc(NCc2cnn(C3CCCCO3)c2)n1. The second-order valence-corrected chi connectivity index (χ2v) is 5.22. The van der Waals surface area contributed by atoms with Crippen LogP contribution in [0.5, 0.6) is 0 Å². The molecule has 0 radical (unpaired) electrons. The summed E-state index contributed by atoms with van der Waals surface area (Å²) >= 11 is 0. The first-order chi connectivity index (χ1) is 10.7. The average molecular weight is 302 g/mol. The third kappa shape index (κ3) is 3.43. The number of aromatic carboxylic acids is 1. The zero-order valence-corrected chi connectivity index (χ0v) is 12.1. The van der Waals surface area contributed by atoms with Crippen LogP contribution >= 0.6 is 0 Å². The van der Waals surface area contributed by atoms with Crippen molar-refractivity contribution in [2.24, 2.45) is 0 Å². The highest BCUT2D eigenvalue weighted by Gasteiger charge is 2.16. The molecule has 0 aromatic carbocycles. The Morgan fingerprint density at radius 3 is 3.14 bits per heavy atom. The molecule has 7 heteroatoms. The van der Waals surface area contributed by atoms with Gasteiger partial charge in [-0.3, -0.25) is 0 Å². The summed E-state index contributed by atoms with van der Waals surface area (Å²) in [5.41, 5.74) is 1.02. The van der Waals surface area contributed by atoms with E-state index in [1.54, 1.807) is 18.3 Å². The van der Waals surface area contributed by atoms with Gasteiger partial charge in [-0.15, -0.1) is 0 Å². The number of rotatable bonds is 5. The molecule has 1 aliphatic heterocycles. The van der Waals surface area contributed by atoms with Crippen molar-refractivity contribution in [2.45, 2.75) is 32.0 Å². The third-order valence-electron chi connectivity index (χ3n) is 3.55. The van der Waals surface area contributed by atoms with Gasteiger partial charge in [-0.1, -0.05) is 6.07 Å². The van der Waals surface area contributed by atoms with Gasteiger partial charge in [-0.25, -0.2) is 14.5 Å². The molecule has 22 heavy (non-hydrogen) atoms. The Hall–Kier alpha value is -2.41. The fraction of sp³-hybridized carbons (Fsp3) is 0.400. The normalized spacial score (nSPS) is 18.1. The van der Waals surface area contributed by atoms with Crippen molar-refractivity contribution >= 4 is 11.8 Å². The van der Waals surface area contributed by atoms with E-state index in [0.717, 1.165) is 31.4 Å². The Balaban J connectivity index is 1.61. The van der Waals surface area contributed by atoms with Gasteiger partial charge in [0.15, 0.2) is 5.69 Å². The van der Waals surface area contributed by atoms with Gasteiger partial charge in [0.1, 0.15) is 12.0 Å². The molecular formula is C15H18N4O3. The molecule has 2 N–H and O–H groups in total. The zero-order valence-electron chi connectivity index (χ0n) is 12.1. The molecule has 1 atom stereocenters. The van der Waals surface area contributed by atoms with Crippen molar-refractivity contribution in [1.29, 1.82) is 0 Å². The van der Waals surface area contributed by atoms with Gasteiger partial charge in [-0.2, -0.15) is 5.10 Å². The van der Waals surface area contributed by atoms with Crippen LogP contribution < -0.4 is 5.32 Å². The minimum absolute atomic E-state index is 0.0240. The van der Waals surface area contributed by atoms with Gasteiger partial charge in [0, 0.05) is 24.9 Å². The molecule has 3 heterocycles. The van der Waals surface area contributed by atoms with E-state index in [-0.39, 0.29) is 11.9 Å². The number of ether oxygens (including phenoxy) is 1. The Morgan fingerprint density at radius 2 is 2.36 bits per heavy atom. The van der Waals surface area contributed by atoms with Gasteiger partial charge < -0.3 is 15.2 Å². The minimum atomic E-state index is -1.04. The predicted octanol–water partition coefficient (Wildman–Crippen LogP) is 2.29. The Labute approximate surface area is 127 Å². The maximum Gasteiger partial charge on any atom is 0.354 e. The van der Waals surface area contributed by atoms with Gasteiger partial charge in [-0.05, 0) is 31.4 Å². The van der Waals surface area contributed by atoms with Crippen LogP contribution in [-0.2, 0) is 11.3 Å². The van der Waals surface area contributed by atoms with E-state index in [1.807, 2.05) is 10.9 Å². The molecule has 116 valence electrons. The lowest BCUT2D eigenvalue weighted by atomic mass is 10.2. The summed E-state index contributed by atoms with van der Waals surface area (Å²) in [7, 11) is 0. The van der Waals surface area contributed by atoms with Crippen molar-refractivity contribution in [1.82, 2.24) is 14.8 Å². The van der Waals surface area contributed by atoms with Crippen molar-refractivity contribution in [2.75, 3.05) is 11.9 Å². The molecule has 1 unspecified atom stereocenters. The van der Waals surface area contributed by atoms with E-state index in [2.05, 4.69) is 15.4 Å². The second-order valence-electron chi connectivity index (χ2n) is 5.22. The first-order valence-corrected chi connectivity index (χ1v) is 7.31. The standard InChI is InChI=1S/C15H18N4O3/c20-15(21)12-4-3-5-13(18-12)16-8-11-9-17-19(10-11)14-6-1-2-7-22-14/h3-5,9-10,14H,1-2,6-8H2,(H,16,18)(H,20,21). The van der Waals surface area contributed by atoms with E-state index in [4.69, 9.17) is 9.84 Å². The van der Waals surface area contributed by atoms with Gasteiger partial charge in [0.25, 0.3) is 0 Å². The summed E-state index contributed by atoms with van der Waals surface area (Å²) in [5.74, 6) is -0.507. The largest absolute Gasteiger partial charge is 0.477 e.